The van der Waals surface area contributed by atoms with E-state index >= 15 is 0 Å². The molecular formula is C18H27BClFN2O4. The summed E-state index contributed by atoms with van der Waals surface area (Å²) in [6.45, 7) is 2.05. The van der Waals surface area contributed by atoms with Crippen LogP contribution in [0.25, 0.3) is 0 Å². The molecule has 1 aliphatic heterocycles. The van der Waals surface area contributed by atoms with Gasteiger partial charge in [0.15, 0.2) is 0 Å². The van der Waals surface area contributed by atoms with Crippen molar-refractivity contribution in [3.63, 3.8) is 0 Å². The van der Waals surface area contributed by atoms with Gasteiger partial charge in [-0.15, -0.1) is 0 Å². The molecule has 1 saturated heterocycles. The van der Waals surface area contributed by atoms with Gasteiger partial charge >= 0.3 is 13.1 Å². The Morgan fingerprint density at radius 1 is 1.33 bits per heavy atom. The summed E-state index contributed by atoms with van der Waals surface area (Å²) in [6.07, 6.45) is 2.92. The predicted molar refractivity (Wildman–Crippen MR) is 103 cm³/mol. The zero-order chi connectivity index (χ0) is 20.0. The lowest BCUT2D eigenvalue weighted by Gasteiger charge is -2.40. The van der Waals surface area contributed by atoms with Gasteiger partial charge in [-0.1, -0.05) is 30.5 Å². The maximum atomic E-state index is 13.3. The first-order valence-electron chi connectivity index (χ1n) is 9.27. The van der Waals surface area contributed by atoms with E-state index < -0.39 is 24.4 Å². The molecule has 1 fully saturated rings. The average Bonchev–Trinajstić information content (AvgIpc) is 2.62. The van der Waals surface area contributed by atoms with E-state index in [1.165, 1.54) is 6.07 Å². The predicted octanol–water partition coefficient (Wildman–Crippen LogP) is 2.12. The van der Waals surface area contributed by atoms with E-state index in [4.69, 9.17) is 27.4 Å². The Morgan fingerprint density at radius 2 is 2.00 bits per heavy atom. The smallest absolute Gasteiger partial charge is 0.451 e. The van der Waals surface area contributed by atoms with E-state index in [2.05, 4.69) is 4.90 Å². The molecule has 1 heterocycles. The zero-order valence-electron chi connectivity index (χ0n) is 15.3. The second-order valence-corrected chi connectivity index (χ2v) is 7.78. The zero-order valence-corrected chi connectivity index (χ0v) is 16.0. The normalized spacial score (nSPS) is 18.3. The monoisotopic (exact) mass is 400 g/mol. The first-order valence-corrected chi connectivity index (χ1v) is 9.65. The SMILES string of the molecule is NC(CCCCB(O)O)(C(=O)O)C1CCN(Cc2ccc(F)c(Cl)c2)CC1. The Balaban J connectivity index is 1.88. The number of nitrogens with two attached hydrogens (primary N) is 1. The van der Waals surface area contributed by atoms with Crippen LogP contribution in [-0.2, 0) is 11.3 Å². The van der Waals surface area contributed by atoms with E-state index in [-0.39, 0.29) is 17.3 Å². The van der Waals surface area contributed by atoms with Crippen molar-refractivity contribution in [1.29, 1.82) is 0 Å². The summed E-state index contributed by atoms with van der Waals surface area (Å²) in [5.74, 6) is -1.58. The van der Waals surface area contributed by atoms with Gasteiger partial charge in [-0.3, -0.25) is 9.69 Å². The van der Waals surface area contributed by atoms with Crippen LogP contribution in [0.4, 0.5) is 4.39 Å². The summed E-state index contributed by atoms with van der Waals surface area (Å²) in [4.78, 5) is 14.0. The minimum absolute atomic E-state index is 0.0993. The third-order valence-corrected chi connectivity index (χ3v) is 5.70. The molecular weight excluding hydrogens is 373 g/mol. The van der Waals surface area contributed by atoms with Crippen LogP contribution in [0.5, 0.6) is 0 Å². The molecule has 0 aliphatic carbocycles. The van der Waals surface area contributed by atoms with Gasteiger partial charge in [-0.25, -0.2) is 4.39 Å². The highest BCUT2D eigenvalue weighted by molar-refractivity contribution is 6.40. The molecule has 5 N–H and O–H groups in total. The summed E-state index contributed by atoms with van der Waals surface area (Å²) in [5.41, 5.74) is 5.88. The number of carboxylic acids is 1. The van der Waals surface area contributed by atoms with Crippen LogP contribution in [0.1, 0.15) is 37.7 Å². The summed E-state index contributed by atoms with van der Waals surface area (Å²) >= 11 is 5.82. The van der Waals surface area contributed by atoms with Crippen LogP contribution in [0, 0.1) is 11.7 Å². The first kappa shape index (κ1) is 22.1. The Kier molecular flexibility index (Phi) is 8.06. The minimum atomic E-state index is -1.37. The van der Waals surface area contributed by atoms with E-state index in [1.807, 2.05) is 0 Å². The quantitative estimate of drug-likeness (QED) is 0.374. The second-order valence-electron chi connectivity index (χ2n) is 7.37. The highest BCUT2D eigenvalue weighted by atomic mass is 35.5. The molecule has 0 aromatic heterocycles. The lowest BCUT2D eigenvalue weighted by Crippen LogP contribution is -2.56. The van der Waals surface area contributed by atoms with Crippen molar-refractivity contribution in [3.05, 3.63) is 34.6 Å². The van der Waals surface area contributed by atoms with Gasteiger partial charge in [-0.05, 0) is 62.3 Å². The molecule has 0 saturated carbocycles. The number of piperidine rings is 1. The number of rotatable bonds is 9. The van der Waals surface area contributed by atoms with Crippen molar-refractivity contribution < 1.29 is 24.3 Å². The summed E-state index contributed by atoms with van der Waals surface area (Å²) < 4.78 is 13.3. The number of likely N-dealkylation sites (tertiary alicyclic amines) is 1. The van der Waals surface area contributed by atoms with Crippen molar-refractivity contribution in [3.8, 4) is 0 Å². The van der Waals surface area contributed by atoms with Crippen LogP contribution in [-0.4, -0.2) is 51.8 Å². The molecule has 0 bridgehead atoms. The average molecular weight is 401 g/mol. The molecule has 1 aliphatic rings. The van der Waals surface area contributed by atoms with Gasteiger partial charge in [0.2, 0.25) is 0 Å². The minimum Gasteiger partial charge on any atom is -0.480 e. The standard InChI is InChI=1S/C18H27BClFN2O4/c20-15-11-13(3-4-16(15)21)12-23-9-5-14(6-10-23)18(22,17(24)25)7-1-2-8-19(26)27/h3-4,11,14,26-27H,1-2,5-10,12,22H2,(H,24,25). The van der Waals surface area contributed by atoms with E-state index in [0.717, 1.165) is 5.56 Å². The molecule has 27 heavy (non-hydrogen) atoms. The van der Waals surface area contributed by atoms with Crippen LogP contribution >= 0.6 is 11.6 Å². The summed E-state index contributed by atoms with van der Waals surface area (Å²) in [7, 11) is -1.37. The molecule has 0 spiro atoms. The molecule has 2 rings (SSSR count). The van der Waals surface area contributed by atoms with Crippen LogP contribution in [0.2, 0.25) is 11.3 Å². The fourth-order valence-corrected chi connectivity index (χ4v) is 3.94. The van der Waals surface area contributed by atoms with Gasteiger partial charge < -0.3 is 20.9 Å². The maximum Gasteiger partial charge on any atom is 0.451 e. The lowest BCUT2D eigenvalue weighted by atomic mass is 9.74. The Morgan fingerprint density at radius 3 is 2.56 bits per heavy atom. The maximum absolute atomic E-state index is 13.3. The number of benzene rings is 1. The highest BCUT2D eigenvalue weighted by Gasteiger charge is 2.42. The highest BCUT2D eigenvalue weighted by Crippen LogP contribution is 2.32. The van der Waals surface area contributed by atoms with Crippen molar-refractivity contribution in [1.82, 2.24) is 4.90 Å². The molecule has 9 heteroatoms. The summed E-state index contributed by atoms with van der Waals surface area (Å²) in [5, 5.41) is 27.6. The van der Waals surface area contributed by atoms with E-state index in [1.54, 1.807) is 12.1 Å². The molecule has 1 aromatic rings. The summed E-state index contributed by atoms with van der Waals surface area (Å²) in [6, 6.07) is 4.67. The number of halogens is 2. The fourth-order valence-electron chi connectivity index (χ4n) is 3.73. The topological polar surface area (TPSA) is 107 Å². The third kappa shape index (κ3) is 6.15. The molecule has 0 radical (unpaired) electrons. The van der Waals surface area contributed by atoms with Crippen molar-refractivity contribution in [2.75, 3.05) is 13.1 Å². The number of aliphatic carboxylic acids is 1. The molecule has 150 valence electrons. The fraction of sp³-hybridized carbons (Fsp3) is 0.611. The molecule has 0 amide bonds. The number of carbonyl (C=O) groups is 1. The second kappa shape index (κ2) is 9.84. The largest absolute Gasteiger partial charge is 0.480 e. The van der Waals surface area contributed by atoms with E-state index in [9.17, 15) is 14.3 Å². The molecule has 1 unspecified atom stereocenters. The van der Waals surface area contributed by atoms with Crippen LogP contribution in [0.3, 0.4) is 0 Å². The van der Waals surface area contributed by atoms with Gasteiger partial charge in [0, 0.05) is 6.54 Å². The van der Waals surface area contributed by atoms with Crippen molar-refractivity contribution >= 4 is 24.7 Å². The first-order chi connectivity index (χ1) is 12.7. The van der Waals surface area contributed by atoms with Crippen LogP contribution in [0.15, 0.2) is 18.2 Å². The lowest BCUT2D eigenvalue weighted by molar-refractivity contribution is -0.147. The van der Waals surface area contributed by atoms with Crippen molar-refractivity contribution in [2.45, 2.75) is 50.5 Å². The van der Waals surface area contributed by atoms with Gasteiger partial charge in [0.05, 0.1) is 5.02 Å². The Labute approximate surface area is 164 Å². The van der Waals surface area contributed by atoms with Crippen LogP contribution < -0.4 is 5.73 Å². The number of nitrogens with zero attached hydrogens (tertiary/aromatic N) is 1. The Hall–Kier alpha value is -1.19. The Bertz CT molecular complexity index is 644. The number of carboxylic acid groups (broad SMARTS) is 1. The molecule has 1 atom stereocenters. The van der Waals surface area contributed by atoms with Gasteiger partial charge in [-0.2, -0.15) is 0 Å². The number of hydrogen-bond acceptors (Lipinski definition) is 5. The number of unbranched alkanes of at least 4 members (excludes halogenated alkanes) is 1. The molecule has 1 aromatic carbocycles. The van der Waals surface area contributed by atoms with Crippen molar-refractivity contribution in [2.24, 2.45) is 11.7 Å². The van der Waals surface area contributed by atoms with Gasteiger partial charge in [0.25, 0.3) is 0 Å². The number of hydrogen-bond donors (Lipinski definition) is 4. The molecule has 6 nitrogen and oxygen atoms in total. The van der Waals surface area contributed by atoms with Gasteiger partial charge in [0.1, 0.15) is 11.4 Å². The third-order valence-electron chi connectivity index (χ3n) is 5.41. The van der Waals surface area contributed by atoms with E-state index in [0.29, 0.717) is 51.7 Å².